The monoisotopic (exact) mass is 296 g/mol. The minimum atomic E-state index is -0.670. The van der Waals surface area contributed by atoms with Crippen LogP contribution in [-0.4, -0.2) is 42.1 Å². The number of hydrogen-bond acceptors (Lipinski definition) is 5. The Kier molecular flexibility index (Phi) is 5.09. The van der Waals surface area contributed by atoms with Crippen molar-refractivity contribution in [3.05, 3.63) is 0 Å². The highest BCUT2D eigenvalue weighted by atomic mass is 16.6. The molecule has 118 valence electrons. The fraction of sp³-hybridized carbons (Fsp3) is 0.714. The Hall–Kier alpha value is -1.92. The van der Waals surface area contributed by atoms with Crippen molar-refractivity contribution in [1.29, 1.82) is 0 Å². The highest BCUT2D eigenvalue weighted by Gasteiger charge is 2.26. The van der Waals surface area contributed by atoms with Gasteiger partial charge in [0.25, 0.3) is 5.91 Å². The maximum absolute atomic E-state index is 12.0. The molecule has 0 aromatic carbocycles. The summed E-state index contributed by atoms with van der Waals surface area (Å²) in [5.74, 6) is -0.284. The highest BCUT2D eigenvalue weighted by Crippen LogP contribution is 2.16. The second kappa shape index (κ2) is 6.24. The number of nitrogens with one attached hydrogen (secondary N) is 2. The third-order valence-corrected chi connectivity index (χ3v) is 2.66. The lowest BCUT2D eigenvalue weighted by atomic mass is 9.94. The number of rotatable bonds is 2. The molecule has 2 N–H and O–H groups in total. The fourth-order valence-electron chi connectivity index (χ4n) is 1.59. The quantitative estimate of drug-likeness (QED) is 0.597. The van der Waals surface area contributed by atoms with Crippen molar-refractivity contribution in [3.63, 3.8) is 0 Å². The number of carbonyl (C=O) groups excluding carboxylic acids is 2. The molecule has 1 heterocycles. The van der Waals surface area contributed by atoms with E-state index in [9.17, 15) is 9.59 Å². The van der Waals surface area contributed by atoms with Crippen LogP contribution in [0.25, 0.3) is 0 Å². The van der Waals surface area contributed by atoms with Gasteiger partial charge in [-0.3, -0.25) is 9.79 Å². The maximum Gasteiger partial charge on any atom is 0.428 e. The summed E-state index contributed by atoms with van der Waals surface area (Å²) in [5.41, 5.74) is 2.14. The van der Waals surface area contributed by atoms with E-state index in [1.165, 1.54) is 0 Å². The predicted octanol–water partition coefficient (Wildman–Crippen LogP) is 1.48. The van der Waals surface area contributed by atoms with Gasteiger partial charge in [0.2, 0.25) is 0 Å². The summed E-state index contributed by atoms with van der Waals surface area (Å²) in [5, 5.41) is 6.67. The molecule has 0 saturated heterocycles. The van der Waals surface area contributed by atoms with E-state index in [1.807, 2.05) is 13.8 Å². The van der Waals surface area contributed by atoms with Crippen LogP contribution in [0.1, 0.15) is 41.5 Å². The first-order valence-corrected chi connectivity index (χ1v) is 6.86. The largest absolute Gasteiger partial charge is 0.443 e. The molecule has 2 amide bonds. The van der Waals surface area contributed by atoms with Gasteiger partial charge in [-0.2, -0.15) is 5.10 Å². The molecular formula is C14H24N4O3. The topological polar surface area (TPSA) is 92.2 Å². The molecule has 1 rings (SSSR count). The molecule has 0 saturated carbocycles. The molecular weight excluding hydrogens is 272 g/mol. The van der Waals surface area contributed by atoms with Gasteiger partial charge in [-0.05, 0) is 27.7 Å². The lowest BCUT2D eigenvalue weighted by Gasteiger charge is -2.19. The first kappa shape index (κ1) is 17.1. The second-order valence-electron chi connectivity index (χ2n) is 6.82. The zero-order valence-electron chi connectivity index (χ0n) is 13.5. The zero-order chi connectivity index (χ0) is 16.3. The van der Waals surface area contributed by atoms with Crippen LogP contribution < -0.4 is 10.7 Å². The molecule has 0 bridgehead atoms. The predicted molar refractivity (Wildman–Crippen MR) is 81.6 cm³/mol. The zero-order valence-corrected chi connectivity index (χ0v) is 13.5. The van der Waals surface area contributed by atoms with Crippen molar-refractivity contribution in [2.24, 2.45) is 15.5 Å². The molecule has 0 radical (unpaired) electrons. The Morgan fingerprint density at radius 1 is 1.43 bits per heavy atom. The molecule has 0 fully saturated rings. The Labute approximate surface area is 125 Å². The van der Waals surface area contributed by atoms with E-state index < -0.39 is 11.7 Å². The van der Waals surface area contributed by atoms with E-state index >= 15 is 0 Å². The standard InChI is InChI=1S/C14H24N4O3/c1-9(17-18-12(20)21-13(2,3)4)10-11(19)16-8-14(5,6)7-15-10/h7-8H2,1-6H3,(H,16,19)(H,18,20)/b17-9-. The van der Waals surface area contributed by atoms with Crippen LogP contribution in [0.4, 0.5) is 4.79 Å². The maximum atomic E-state index is 12.0. The number of amides is 2. The number of hydrazone groups is 1. The summed E-state index contributed by atoms with van der Waals surface area (Å²) in [6.45, 7) is 12.0. The lowest BCUT2D eigenvalue weighted by Crippen LogP contribution is -2.38. The van der Waals surface area contributed by atoms with Crippen LogP contribution in [0.3, 0.4) is 0 Å². The van der Waals surface area contributed by atoms with Crippen molar-refractivity contribution in [2.75, 3.05) is 13.1 Å². The van der Waals surface area contributed by atoms with Crippen molar-refractivity contribution >= 4 is 23.4 Å². The van der Waals surface area contributed by atoms with Crippen LogP contribution in [0.5, 0.6) is 0 Å². The van der Waals surface area contributed by atoms with Crippen LogP contribution in [0.2, 0.25) is 0 Å². The number of aliphatic imine (C=N–C) groups is 1. The second-order valence-corrected chi connectivity index (χ2v) is 6.82. The Morgan fingerprint density at radius 2 is 2.05 bits per heavy atom. The first-order chi connectivity index (χ1) is 9.50. The number of ether oxygens (including phenoxy) is 1. The minimum absolute atomic E-state index is 0.101. The number of nitrogens with zero attached hydrogens (tertiary/aromatic N) is 2. The summed E-state index contributed by atoms with van der Waals surface area (Å²) in [7, 11) is 0. The SMILES string of the molecule is C/C(=N/NC(=O)OC(C)(C)C)C1=NCC(C)(C)CNC1=O. The molecule has 0 spiro atoms. The highest BCUT2D eigenvalue weighted by molar-refractivity contribution is 6.66. The van der Waals surface area contributed by atoms with Gasteiger partial charge in [-0.15, -0.1) is 0 Å². The normalized spacial score (nSPS) is 19.2. The van der Waals surface area contributed by atoms with E-state index in [2.05, 4.69) is 20.8 Å². The number of carbonyl (C=O) groups is 2. The first-order valence-electron chi connectivity index (χ1n) is 6.86. The molecule has 1 aliphatic rings. The average molecular weight is 296 g/mol. The smallest absolute Gasteiger partial charge is 0.428 e. The van der Waals surface area contributed by atoms with Crippen molar-refractivity contribution in [1.82, 2.24) is 10.7 Å². The van der Waals surface area contributed by atoms with Crippen molar-refractivity contribution < 1.29 is 14.3 Å². The summed E-state index contributed by atoms with van der Waals surface area (Å²) in [4.78, 5) is 27.8. The Balaban J connectivity index is 2.75. The van der Waals surface area contributed by atoms with Gasteiger partial charge in [0, 0.05) is 18.5 Å². The third kappa shape index (κ3) is 5.93. The third-order valence-electron chi connectivity index (χ3n) is 2.66. The van der Waals surface area contributed by atoms with Gasteiger partial charge < -0.3 is 10.1 Å². The van der Waals surface area contributed by atoms with Crippen LogP contribution in [-0.2, 0) is 9.53 Å². The van der Waals surface area contributed by atoms with Crippen molar-refractivity contribution in [3.8, 4) is 0 Å². The van der Waals surface area contributed by atoms with E-state index in [1.54, 1.807) is 27.7 Å². The molecule has 0 atom stereocenters. The van der Waals surface area contributed by atoms with Gasteiger partial charge >= 0.3 is 6.09 Å². The summed E-state index contributed by atoms with van der Waals surface area (Å²) < 4.78 is 5.06. The van der Waals surface area contributed by atoms with Gasteiger partial charge in [0.15, 0.2) is 0 Å². The number of hydrogen-bond donors (Lipinski definition) is 2. The fourth-order valence-corrected chi connectivity index (χ4v) is 1.59. The van der Waals surface area contributed by atoms with Gasteiger partial charge in [0.05, 0.1) is 5.71 Å². The van der Waals surface area contributed by atoms with Crippen LogP contribution in [0, 0.1) is 5.41 Å². The lowest BCUT2D eigenvalue weighted by molar-refractivity contribution is -0.114. The molecule has 0 aromatic heterocycles. The minimum Gasteiger partial charge on any atom is -0.443 e. The molecule has 1 aliphatic heterocycles. The molecule has 21 heavy (non-hydrogen) atoms. The van der Waals surface area contributed by atoms with E-state index in [0.29, 0.717) is 18.8 Å². The summed E-state index contributed by atoms with van der Waals surface area (Å²) >= 11 is 0. The van der Waals surface area contributed by atoms with Gasteiger partial charge in [0.1, 0.15) is 11.3 Å². The average Bonchev–Trinajstić information content (AvgIpc) is 2.44. The summed E-state index contributed by atoms with van der Waals surface area (Å²) in [6.07, 6.45) is -0.670. The van der Waals surface area contributed by atoms with E-state index in [-0.39, 0.29) is 17.0 Å². The molecule has 7 nitrogen and oxygen atoms in total. The van der Waals surface area contributed by atoms with E-state index in [4.69, 9.17) is 4.74 Å². The van der Waals surface area contributed by atoms with Crippen LogP contribution >= 0.6 is 0 Å². The molecule has 0 aromatic rings. The van der Waals surface area contributed by atoms with Crippen LogP contribution in [0.15, 0.2) is 10.1 Å². The molecule has 0 aliphatic carbocycles. The Morgan fingerprint density at radius 3 is 2.62 bits per heavy atom. The Bertz CT molecular complexity index is 487. The summed E-state index contributed by atoms with van der Waals surface area (Å²) in [6, 6.07) is 0. The van der Waals surface area contributed by atoms with Crippen molar-refractivity contribution in [2.45, 2.75) is 47.1 Å². The molecule has 7 heteroatoms. The van der Waals surface area contributed by atoms with Gasteiger partial charge in [-0.1, -0.05) is 13.8 Å². The van der Waals surface area contributed by atoms with Gasteiger partial charge in [-0.25, -0.2) is 10.2 Å². The van der Waals surface area contributed by atoms with E-state index in [0.717, 1.165) is 0 Å². The molecule has 0 unspecified atom stereocenters.